The second-order valence-electron chi connectivity index (χ2n) is 6.02. The lowest BCUT2D eigenvalue weighted by atomic mass is 10.1. The van der Waals surface area contributed by atoms with Crippen LogP contribution in [0, 0.1) is 0 Å². The summed E-state index contributed by atoms with van der Waals surface area (Å²) in [6.45, 7) is 7.66. The smallest absolute Gasteiger partial charge is 0.330 e. The molecular weight excluding hydrogens is 332 g/mol. The van der Waals surface area contributed by atoms with Crippen molar-refractivity contribution in [3.05, 3.63) is 12.7 Å². The number of rotatable bonds is 13. The van der Waals surface area contributed by atoms with Crippen LogP contribution in [0.25, 0.3) is 0 Å². The van der Waals surface area contributed by atoms with Gasteiger partial charge in [-0.3, -0.25) is 0 Å². The SMILES string of the molecule is C=CC(=O)OCCCCCCCCCCC[Si](C)(C)Br. The molecule has 0 amide bonds. The lowest BCUT2D eigenvalue weighted by molar-refractivity contribution is -0.137. The molecule has 0 fully saturated rings. The predicted octanol–water partition coefficient (Wildman–Crippen LogP) is 5.83. The molecule has 0 heterocycles. The van der Waals surface area contributed by atoms with Crippen LogP contribution in [0.3, 0.4) is 0 Å². The quantitative estimate of drug-likeness (QED) is 0.135. The van der Waals surface area contributed by atoms with Gasteiger partial charge in [0.25, 0.3) is 0 Å². The normalized spacial score (nSPS) is 11.3. The number of halogens is 1. The molecule has 0 aromatic carbocycles. The molecule has 0 saturated carbocycles. The van der Waals surface area contributed by atoms with Crippen molar-refractivity contribution in [2.24, 2.45) is 0 Å². The van der Waals surface area contributed by atoms with Gasteiger partial charge in [-0.2, -0.15) is 0 Å². The molecule has 20 heavy (non-hydrogen) atoms. The summed E-state index contributed by atoms with van der Waals surface area (Å²) in [7, 11) is 0. The highest BCUT2D eigenvalue weighted by molar-refractivity contribution is 9.26. The Balaban J connectivity index is 3.10. The number of carbonyl (C=O) groups is 1. The van der Waals surface area contributed by atoms with E-state index in [4.69, 9.17) is 4.74 Å². The number of hydrogen-bond donors (Lipinski definition) is 0. The van der Waals surface area contributed by atoms with Gasteiger partial charge in [0.1, 0.15) is 6.69 Å². The van der Waals surface area contributed by atoms with Crippen LogP contribution in [-0.4, -0.2) is 19.3 Å². The van der Waals surface area contributed by atoms with Crippen molar-refractivity contribution in [1.82, 2.24) is 0 Å². The van der Waals surface area contributed by atoms with Crippen molar-refractivity contribution < 1.29 is 9.53 Å². The molecule has 0 spiro atoms. The molecule has 0 aromatic rings. The second-order valence-corrected chi connectivity index (χ2v) is 16.4. The minimum atomic E-state index is -0.992. The van der Waals surface area contributed by atoms with Gasteiger partial charge in [0.05, 0.1) is 6.61 Å². The van der Waals surface area contributed by atoms with Crippen LogP contribution >= 0.6 is 15.3 Å². The fourth-order valence-corrected chi connectivity index (χ4v) is 4.05. The first-order valence-corrected chi connectivity index (χ1v) is 13.4. The van der Waals surface area contributed by atoms with Gasteiger partial charge >= 0.3 is 5.97 Å². The van der Waals surface area contributed by atoms with Crippen molar-refractivity contribution in [2.45, 2.75) is 76.9 Å². The number of ether oxygens (including phenoxy) is 1. The summed E-state index contributed by atoms with van der Waals surface area (Å²) in [6.07, 6.45) is 12.8. The van der Waals surface area contributed by atoms with Crippen molar-refractivity contribution in [1.29, 1.82) is 0 Å². The Morgan fingerprint density at radius 3 is 1.90 bits per heavy atom. The number of hydrogen-bond acceptors (Lipinski definition) is 2. The van der Waals surface area contributed by atoms with Gasteiger partial charge in [-0.1, -0.05) is 71.0 Å². The summed E-state index contributed by atoms with van der Waals surface area (Å²) in [5.74, 6) is -0.306. The summed E-state index contributed by atoms with van der Waals surface area (Å²) in [4.78, 5) is 10.8. The molecule has 0 atom stereocenters. The molecular formula is C16H31BrO2Si. The Labute approximate surface area is 133 Å². The second kappa shape index (κ2) is 12.6. The van der Waals surface area contributed by atoms with Crippen molar-refractivity contribution in [3.8, 4) is 0 Å². The van der Waals surface area contributed by atoms with Gasteiger partial charge in [-0.15, -0.1) is 15.3 Å². The van der Waals surface area contributed by atoms with E-state index in [1.54, 1.807) is 0 Å². The summed E-state index contributed by atoms with van der Waals surface area (Å²) < 4.78 is 4.93. The molecule has 0 unspecified atom stereocenters. The number of carbonyl (C=O) groups excluding carboxylic acids is 1. The fraction of sp³-hybridized carbons (Fsp3) is 0.812. The van der Waals surface area contributed by atoms with E-state index in [0.717, 1.165) is 12.8 Å². The van der Waals surface area contributed by atoms with E-state index >= 15 is 0 Å². The topological polar surface area (TPSA) is 26.3 Å². The Morgan fingerprint density at radius 1 is 1.00 bits per heavy atom. The van der Waals surface area contributed by atoms with E-state index in [-0.39, 0.29) is 5.97 Å². The highest BCUT2D eigenvalue weighted by Gasteiger charge is 2.14. The standard InChI is InChI=1S/C16H31BrO2Si/c1-4-16(18)19-14-12-10-8-6-5-7-9-11-13-15-20(2,3)17/h4H,1,5-15H2,2-3H3. The average Bonchev–Trinajstić information content (AvgIpc) is 2.38. The molecule has 0 aromatic heterocycles. The maximum atomic E-state index is 10.8. The molecule has 0 bridgehead atoms. The first kappa shape index (κ1) is 19.9. The zero-order chi connectivity index (χ0) is 15.3. The Morgan fingerprint density at radius 2 is 1.45 bits per heavy atom. The molecule has 2 nitrogen and oxygen atoms in total. The highest BCUT2D eigenvalue weighted by atomic mass is 79.9. The van der Waals surface area contributed by atoms with Crippen LogP contribution in [0.1, 0.15) is 57.8 Å². The lowest BCUT2D eigenvalue weighted by Crippen LogP contribution is -2.13. The van der Waals surface area contributed by atoms with Crippen LogP contribution in [0.4, 0.5) is 0 Å². The minimum Gasteiger partial charge on any atom is -0.463 e. The van der Waals surface area contributed by atoms with Gasteiger partial charge < -0.3 is 4.74 Å². The van der Waals surface area contributed by atoms with E-state index in [9.17, 15) is 4.79 Å². The highest BCUT2D eigenvalue weighted by Crippen LogP contribution is 2.21. The zero-order valence-electron chi connectivity index (χ0n) is 13.3. The first-order chi connectivity index (χ1) is 9.45. The van der Waals surface area contributed by atoms with Gasteiger partial charge in [0.15, 0.2) is 0 Å². The third-order valence-electron chi connectivity index (χ3n) is 3.33. The molecule has 0 aliphatic rings. The van der Waals surface area contributed by atoms with E-state index in [1.165, 1.54) is 57.1 Å². The monoisotopic (exact) mass is 362 g/mol. The van der Waals surface area contributed by atoms with Crippen molar-refractivity contribution in [3.63, 3.8) is 0 Å². The van der Waals surface area contributed by atoms with Gasteiger partial charge in [-0.25, -0.2) is 4.79 Å². The molecule has 4 heteroatoms. The Hall–Kier alpha value is -0.0931. The average molecular weight is 363 g/mol. The van der Waals surface area contributed by atoms with E-state index < -0.39 is 6.69 Å². The van der Waals surface area contributed by atoms with Crippen LogP contribution in [-0.2, 0) is 9.53 Å². The number of unbranched alkanes of at least 4 members (excludes halogenated alkanes) is 8. The molecule has 0 radical (unpaired) electrons. The fourth-order valence-electron chi connectivity index (χ4n) is 2.12. The zero-order valence-corrected chi connectivity index (χ0v) is 15.8. The molecule has 0 aliphatic heterocycles. The van der Waals surface area contributed by atoms with Crippen molar-refractivity contribution >= 4 is 28.0 Å². The molecule has 0 saturated heterocycles. The largest absolute Gasteiger partial charge is 0.463 e. The van der Waals surface area contributed by atoms with Gasteiger partial charge in [0.2, 0.25) is 0 Å². The summed E-state index contributed by atoms with van der Waals surface area (Å²) in [5, 5.41) is 0. The maximum absolute atomic E-state index is 10.8. The van der Waals surface area contributed by atoms with Crippen LogP contribution in [0.2, 0.25) is 19.1 Å². The van der Waals surface area contributed by atoms with Gasteiger partial charge in [0, 0.05) is 6.08 Å². The predicted molar refractivity (Wildman–Crippen MR) is 93.9 cm³/mol. The van der Waals surface area contributed by atoms with Gasteiger partial charge in [-0.05, 0) is 12.5 Å². The van der Waals surface area contributed by atoms with Crippen LogP contribution < -0.4 is 0 Å². The maximum Gasteiger partial charge on any atom is 0.330 e. The Kier molecular flexibility index (Phi) is 12.6. The molecule has 0 aliphatic carbocycles. The summed E-state index contributed by atoms with van der Waals surface area (Å²) in [6, 6.07) is 1.40. The third kappa shape index (κ3) is 16.0. The van der Waals surface area contributed by atoms with E-state index in [1.807, 2.05) is 0 Å². The molecule has 0 N–H and O–H groups in total. The summed E-state index contributed by atoms with van der Waals surface area (Å²) >= 11 is 3.82. The van der Waals surface area contributed by atoms with Crippen molar-refractivity contribution in [2.75, 3.05) is 6.61 Å². The van der Waals surface area contributed by atoms with E-state index in [2.05, 4.69) is 35.0 Å². The lowest BCUT2D eigenvalue weighted by Gasteiger charge is -2.12. The Bertz CT molecular complexity index is 262. The molecule has 118 valence electrons. The minimum absolute atomic E-state index is 0.306. The van der Waals surface area contributed by atoms with E-state index in [0.29, 0.717) is 6.61 Å². The molecule has 0 rings (SSSR count). The first-order valence-electron chi connectivity index (χ1n) is 7.94. The number of esters is 1. The van der Waals surface area contributed by atoms with Crippen LogP contribution in [0.5, 0.6) is 0 Å². The third-order valence-corrected chi connectivity index (χ3v) is 6.06. The van der Waals surface area contributed by atoms with Crippen LogP contribution in [0.15, 0.2) is 12.7 Å². The summed E-state index contributed by atoms with van der Waals surface area (Å²) in [5.41, 5.74) is 0.